The van der Waals surface area contributed by atoms with E-state index in [1.54, 1.807) is 0 Å². The molecule has 0 aliphatic carbocycles. The van der Waals surface area contributed by atoms with Crippen LogP contribution in [0.2, 0.25) is 0 Å². The summed E-state index contributed by atoms with van der Waals surface area (Å²) in [5.41, 5.74) is 5.33. The highest BCUT2D eigenvalue weighted by Crippen LogP contribution is 2.43. The highest BCUT2D eigenvalue weighted by Gasteiger charge is 2.25. The molecule has 0 radical (unpaired) electrons. The Balaban J connectivity index is 4.24. The fraction of sp³-hybridized carbons (Fsp3) is 0.750. The van der Waals surface area contributed by atoms with Crippen LogP contribution in [0.15, 0.2) is 48.6 Å². The minimum absolute atomic E-state index is 0.0480. The standard InChI is InChI=1S/C40H72NO8P/c1-3-5-7-9-11-13-15-16-17-18-19-20-21-22-23-25-26-28-30-32-39(42)46-36-38(37-48-50(44,45)47-35-34-41)49-40(43)33-31-29-27-24-14-12-10-8-6-4-2/h11,13,16-17,19-20,22-23,38H,3-10,12,14-15,18,21,24-37,41H2,1-2H3,(H,44,45)/b13-11+,17-16+,20-19+,23-22+/t38-/m0/s1. The topological polar surface area (TPSA) is 134 Å². The maximum absolute atomic E-state index is 12.5. The normalized spacial score (nSPS) is 13.9. The summed E-state index contributed by atoms with van der Waals surface area (Å²) >= 11 is 0. The number of unbranched alkanes of at least 4 members (excludes halogenated alkanes) is 15. The van der Waals surface area contributed by atoms with Crippen LogP contribution in [0.3, 0.4) is 0 Å². The molecular weight excluding hydrogens is 653 g/mol. The van der Waals surface area contributed by atoms with E-state index in [1.807, 2.05) is 0 Å². The molecule has 0 aromatic carbocycles. The van der Waals surface area contributed by atoms with Gasteiger partial charge in [-0.3, -0.25) is 18.6 Å². The average Bonchev–Trinajstić information content (AvgIpc) is 3.10. The Morgan fingerprint density at radius 2 is 1.04 bits per heavy atom. The highest BCUT2D eigenvalue weighted by atomic mass is 31.2. The van der Waals surface area contributed by atoms with Gasteiger partial charge in [0.25, 0.3) is 0 Å². The maximum Gasteiger partial charge on any atom is 0.472 e. The van der Waals surface area contributed by atoms with Crippen molar-refractivity contribution in [1.82, 2.24) is 0 Å². The third-order valence-corrected chi connectivity index (χ3v) is 8.95. The van der Waals surface area contributed by atoms with Gasteiger partial charge >= 0.3 is 19.8 Å². The van der Waals surface area contributed by atoms with Crippen molar-refractivity contribution in [3.63, 3.8) is 0 Å². The van der Waals surface area contributed by atoms with Crippen LogP contribution in [0, 0.1) is 0 Å². The molecule has 0 saturated heterocycles. The minimum Gasteiger partial charge on any atom is -0.462 e. The Labute approximate surface area is 305 Å². The molecule has 9 nitrogen and oxygen atoms in total. The van der Waals surface area contributed by atoms with E-state index in [4.69, 9.17) is 24.3 Å². The molecule has 0 saturated carbocycles. The van der Waals surface area contributed by atoms with Gasteiger partial charge in [-0.15, -0.1) is 0 Å². The van der Waals surface area contributed by atoms with Crippen LogP contribution in [0.25, 0.3) is 0 Å². The van der Waals surface area contributed by atoms with E-state index in [0.717, 1.165) is 57.8 Å². The molecule has 2 atom stereocenters. The first-order valence-corrected chi connectivity index (χ1v) is 21.1. The molecule has 0 heterocycles. The number of nitrogens with two attached hydrogens (primary N) is 1. The Morgan fingerprint density at radius 3 is 1.58 bits per heavy atom. The summed E-state index contributed by atoms with van der Waals surface area (Å²) in [6, 6.07) is 0. The van der Waals surface area contributed by atoms with Gasteiger partial charge in [0.2, 0.25) is 0 Å². The van der Waals surface area contributed by atoms with Gasteiger partial charge in [0.05, 0.1) is 13.2 Å². The Hall–Kier alpha value is -2.03. The molecular formula is C40H72NO8P. The van der Waals surface area contributed by atoms with Crippen molar-refractivity contribution in [3.8, 4) is 0 Å². The van der Waals surface area contributed by atoms with E-state index < -0.39 is 32.5 Å². The van der Waals surface area contributed by atoms with Crippen molar-refractivity contribution >= 4 is 19.8 Å². The molecule has 0 spiro atoms. The third kappa shape index (κ3) is 35.8. The fourth-order valence-electron chi connectivity index (χ4n) is 5.03. The molecule has 0 rings (SSSR count). The lowest BCUT2D eigenvalue weighted by molar-refractivity contribution is -0.161. The van der Waals surface area contributed by atoms with Gasteiger partial charge in [-0.05, 0) is 57.8 Å². The summed E-state index contributed by atoms with van der Waals surface area (Å²) in [5.74, 6) is -0.869. The molecule has 0 amide bonds. The predicted molar refractivity (Wildman–Crippen MR) is 206 cm³/mol. The van der Waals surface area contributed by atoms with Gasteiger partial charge in [0.15, 0.2) is 6.10 Å². The highest BCUT2D eigenvalue weighted by molar-refractivity contribution is 7.47. The smallest absolute Gasteiger partial charge is 0.462 e. The average molecular weight is 726 g/mol. The van der Waals surface area contributed by atoms with Crippen molar-refractivity contribution < 1.29 is 37.6 Å². The van der Waals surface area contributed by atoms with E-state index in [0.29, 0.717) is 12.8 Å². The Kier molecular flexibility index (Phi) is 35.3. The quantitative estimate of drug-likeness (QED) is 0.0280. The number of phosphoric ester groups is 1. The summed E-state index contributed by atoms with van der Waals surface area (Å²) in [4.78, 5) is 34.7. The maximum atomic E-state index is 12.5. The van der Waals surface area contributed by atoms with Crippen molar-refractivity contribution in [2.45, 2.75) is 168 Å². The third-order valence-electron chi connectivity index (χ3n) is 7.97. The Morgan fingerprint density at radius 1 is 0.600 bits per heavy atom. The molecule has 0 fully saturated rings. The zero-order valence-corrected chi connectivity index (χ0v) is 32.5. The molecule has 10 heteroatoms. The summed E-state index contributed by atoms with van der Waals surface area (Å²) < 4.78 is 32.6. The van der Waals surface area contributed by atoms with Crippen LogP contribution in [0.4, 0.5) is 0 Å². The van der Waals surface area contributed by atoms with Crippen molar-refractivity contribution in [2.24, 2.45) is 5.73 Å². The van der Waals surface area contributed by atoms with Crippen LogP contribution in [-0.4, -0.2) is 49.3 Å². The number of esters is 2. The summed E-state index contributed by atoms with van der Waals surface area (Å²) in [6.07, 6.45) is 40.0. The zero-order valence-electron chi connectivity index (χ0n) is 31.6. The summed E-state index contributed by atoms with van der Waals surface area (Å²) in [6.45, 7) is 3.63. The number of hydrogen-bond acceptors (Lipinski definition) is 8. The van der Waals surface area contributed by atoms with Gasteiger partial charge < -0.3 is 20.1 Å². The van der Waals surface area contributed by atoms with Crippen molar-refractivity contribution in [1.29, 1.82) is 0 Å². The van der Waals surface area contributed by atoms with Crippen LogP contribution in [0.5, 0.6) is 0 Å². The van der Waals surface area contributed by atoms with Crippen LogP contribution in [-0.2, 0) is 32.7 Å². The number of carbonyl (C=O) groups is 2. The molecule has 0 aliphatic heterocycles. The van der Waals surface area contributed by atoms with Crippen molar-refractivity contribution in [3.05, 3.63) is 48.6 Å². The molecule has 0 aromatic rings. The van der Waals surface area contributed by atoms with Crippen molar-refractivity contribution in [2.75, 3.05) is 26.4 Å². The number of phosphoric acid groups is 1. The second-order valence-electron chi connectivity index (χ2n) is 12.8. The molecule has 3 N–H and O–H groups in total. The lowest BCUT2D eigenvalue weighted by Gasteiger charge is -2.19. The molecule has 0 bridgehead atoms. The number of ether oxygens (including phenoxy) is 2. The van der Waals surface area contributed by atoms with E-state index in [1.165, 1.54) is 64.2 Å². The molecule has 290 valence electrons. The molecule has 0 aromatic heterocycles. The van der Waals surface area contributed by atoms with E-state index in [2.05, 4.69) is 62.5 Å². The minimum atomic E-state index is -4.38. The van der Waals surface area contributed by atoms with Crippen LogP contribution >= 0.6 is 7.82 Å². The van der Waals surface area contributed by atoms with Gasteiger partial charge in [-0.2, -0.15) is 0 Å². The first kappa shape index (κ1) is 48.0. The van der Waals surface area contributed by atoms with E-state index in [-0.39, 0.29) is 32.6 Å². The SMILES string of the molecule is CCCCC/C=C/C/C=C/C/C=C/C/C=C/CCCCCC(=O)OC[C@@H](COP(=O)(O)OCCN)OC(=O)CCCCCCCCCCCC. The monoisotopic (exact) mass is 725 g/mol. The molecule has 50 heavy (non-hydrogen) atoms. The lowest BCUT2D eigenvalue weighted by Crippen LogP contribution is -2.29. The molecule has 1 unspecified atom stereocenters. The first-order valence-electron chi connectivity index (χ1n) is 19.6. The number of rotatable bonds is 36. The summed E-state index contributed by atoms with van der Waals surface area (Å²) in [7, 11) is -4.38. The van der Waals surface area contributed by atoms with Crippen LogP contribution < -0.4 is 5.73 Å². The largest absolute Gasteiger partial charge is 0.472 e. The van der Waals surface area contributed by atoms with E-state index in [9.17, 15) is 19.0 Å². The molecule has 0 aliphatic rings. The second kappa shape index (κ2) is 36.8. The second-order valence-corrected chi connectivity index (χ2v) is 14.3. The first-order chi connectivity index (χ1) is 24.3. The number of allylic oxidation sites excluding steroid dienone is 8. The van der Waals surface area contributed by atoms with Gasteiger partial charge in [0, 0.05) is 19.4 Å². The van der Waals surface area contributed by atoms with Gasteiger partial charge in [-0.25, -0.2) is 4.57 Å². The lowest BCUT2D eigenvalue weighted by atomic mass is 10.1. The number of carbonyl (C=O) groups excluding carboxylic acids is 2. The predicted octanol–water partition coefficient (Wildman–Crippen LogP) is 10.8. The Bertz CT molecular complexity index is 965. The zero-order chi connectivity index (χ0) is 36.8. The fourth-order valence-corrected chi connectivity index (χ4v) is 5.79. The number of hydrogen-bond donors (Lipinski definition) is 2. The van der Waals surface area contributed by atoms with Gasteiger partial charge in [-0.1, -0.05) is 140 Å². The van der Waals surface area contributed by atoms with Gasteiger partial charge in [0.1, 0.15) is 6.61 Å². The van der Waals surface area contributed by atoms with Crippen LogP contribution in [0.1, 0.15) is 162 Å². The summed E-state index contributed by atoms with van der Waals surface area (Å²) in [5, 5.41) is 0. The van der Waals surface area contributed by atoms with E-state index >= 15 is 0 Å².